The predicted molar refractivity (Wildman–Crippen MR) is 52.9 cm³/mol. The highest BCUT2D eigenvalue weighted by atomic mass is 16.4. The van der Waals surface area contributed by atoms with E-state index in [0.717, 1.165) is 16.7 Å². The number of carbonyl (C=O) groups is 1. The number of rotatable bonds is 3. The number of aromatic nitrogens is 1. The second kappa shape index (κ2) is 4.19. The summed E-state index contributed by atoms with van der Waals surface area (Å²) in [6, 6.07) is -0.449. The van der Waals surface area contributed by atoms with E-state index < -0.39 is 12.0 Å². The first-order chi connectivity index (χ1) is 6.52. The van der Waals surface area contributed by atoms with E-state index >= 15 is 0 Å². The molecule has 0 saturated carbocycles. The van der Waals surface area contributed by atoms with E-state index in [0.29, 0.717) is 0 Å². The highest BCUT2D eigenvalue weighted by molar-refractivity contribution is 5.68. The Morgan fingerprint density at radius 2 is 2.00 bits per heavy atom. The summed E-state index contributed by atoms with van der Waals surface area (Å²) in [6.45, 7) is 3.77. The van der Waals surface area contributed by atoms with E-state index in [4.69, 9.17) is 10.8 Å². The summed E-state index contributed by atoms with van der Waals surface area (Å²) < 4.78 is 0. The van der Waals surface area contributed by atoms with Crippen molar-refractivity contribution in [2.45, 2.75) is 26.3 Å². The highest BCUT2D eigenvalue weighted by Gasteiger charge is 2.14. The van der Waals surface area contributed by atoms with Crippen LogP contribution in [0.15, 0.2) is 12.4 Å². The van der Waals surface area contributed by atoms with Gasteiger partial charge in [-0.1, -0.05) is 0 Å². The largest absolute Gasteiger partial charge is 0.481 e. The number of hydrogen-bond donors (Lipinski definition) is 2. The maximum Gasteiger partial charge on any atom is 0.305 e. The van der Waals surface area contributed by atoms with Gasteiger partial charge in [-0.2, -0.15) is 0 Å². The van der Waals surface area contributed by atoms with Crippen LogP contribution in [0.5, 0.6) is 0 Å². The Labute approximate surface area is 82.8 Å². The fraction of sp³-hybridized carbons (Fsp3) is 0.400. The minimum Gasteiger partial charge on any atom is -0.481 e. The number of hydrogen-bond acceptors (Lipinski definition) is 3. The summed E-state index contributed by atoms with van der Waals surface area (Å²) in [7, 11) is 0. The summed E-state index contributed by atoms with van der Waals surface area (Å²) in [4.78, 5) is 14.5. The van der Waals surface area contributed by atoms with Gasteiger partial charge in [0.25, 0.3) is 0 Å². The molecule has 0 aliphatic rings. The number of pyridine rings is 1. The van der Waals surface area contributed by atoms with E-state index in [1.165, 1.54) is 0 Å². The monoisotopic (exact) mass is 194 g/mol. The van der Waals surface area contributed by atoms with Crippen molar-refractivity contribution in [1.82, 2.24) is 4.98 Å². The third-order valence-electron chi connectivity index (χ3n) is 2.15. The zero-order chi connectivity index (χ0) is 10.7. The molecule has 4 heteroatoms. The van der Waals surface area contributed by atoms with E-state index in [1.54, 1.807) is 12.4 Å². The smallest absolute Gasteiger partial charge is 0.305 e. The SMILES string of the molecule is Cc1cncc(C)c1C(N)CC(=O)O. The van der Waals surface area contributed by atoms with Gasteiger partial charge in [0.05, 0.1) is 6.42 Å². The first-order valence-electron chi connectivity index (χ1n) is 4.41. The summed E-state index contributed by atoms with van der Waals surface area (Å²) in [5.74, 6) is -0.881. The third kappa shape index (κ3) is 2.29. The lowest BCUT2D eigenvalue weighted by Gasteiger charge is -2.14. The van der Waals surface area contributed by atoms with Gasteiger partial charge in [0.1, 0.15) is 0 Å². The molecule has 0 bridgehead atoms. The Morgan fingerprint density at radius 1 is 1.50 bits per heavy atom. The fourth-order valence-electron chi connectivity index (χ4n) is 1.59. The summed E-state index contributed by atoms with van der Waals surface area (Å²) in [6.07, 6.45) is 3.35. The van der Waals surface area contributed by atoms with Crippen LogP contribution in [-0.4, -0.2) is 16.1 Å². The second-order valence-electron chi connectivity index (χ2n) is 3.39. The molecule has 1 unspecified atom stereocenters. The van der Waals surface area contributed by atoms with Gasteiger partial charge in [-0.3, -0.25) is 9.78 Å². The number of carboxylic acids is 1. The van der Waals surface area contributed by atoms with Gasteiger partial charge in [0.15, 0.2) is 0 Å². The molecule has 1 aromatic rings. The Balaban J connectivity index is 2.99. The molecule has 1 rings (SSSR count). The van der Waals surface area contributed by atoms with Crippen LogP contribution in [0.4, 0.5) is 0 Å². The normalized spacial score (nSPS) is 12.5. The Kier molecular flexibility index (Phi) is 3.19. The van der Waals surface area contributed by atoms with Crippen LogP contribution >= 0.6 is 0 Å². The molecule has 0 aliphatic heterocycles. The van der Waals surface area contributed by atoms with E-state index in [-0.39, 0.29) is 6.42 Å². The molecule has 14 heavy (non-hydrogen) atoms. The van der Waals surface area contributed by atoms with Crippen LogP contribution in [0, 0.1) is 13.8 Å². The third-order valence-corrected chi connectivity index (χ3v) is 2.15. The van der Waals surface area contributed by atoms with Crippen LogP contribution in [0.3, 0.4) is 0 Å². The van der Waals surface area contributed by atoms with Crippen molar-refractivity contribution in [3.8, 4) is 0 Å². The summed E-state index contributed by atoms with van der Waals surface area (Å²) in [5, 5.41) is 8.63. The number of nitrogens with zero attached hydrogens (tertiary/aromatic N) is 1. The van der Waals surface area contributed by atoms with Crippen LogP contribution in [0.2, 0.25) is 0 Å². The summed E-state index contributed by atoms with van der Waals surface area (Å²) >= 11 is 0. The van der Waals surface area contributed by atoms with Crippen molar-refractivity contribution in [2.75, 3.05) is 0 Å². The highest BCUT2D eigenvalue weighted by Crippen LogP contribution is 2.21. The quantitative estimate of drug-likeness (QED) is 0.757. The van der Waals surface area contributed by atoms with Gasteiger partial charge >= 0.3 is 5.97 Å². The van der Waals surface area contributed by atoms with Gasteiger partial charge in [-0.05, 0) is 30.5 Å². The van der Waals surface area contributed by atoms with Gasteiger partial charge in [0.2, 0.25) is 0 Å². The maximum atomic E-state index is 10.5. The molecule has 3 N–H and O–H groups in total. The average Bonchev–Trinajstić information content (AvgIpc) is 2.01. The zero-order valence-corrected chi connectivity index (χ0v) is 8.32. The van der Waals surface area contributed by atoms with Gasteiger partial charge in [0, 0.05) is 18.4 Å². The first-order valence-corrected chi connectivity index (χ1v) is 4.41. The molecular formula is C10H14N2O2. The topological polar surface area (TPSA) is 76.2 Å². The molecule has 1 aromatic heterocycles. The minimum absolute atomic E-state index is 0.0499. The molecule has 4 nitrogen and oxygen atoms in total. The second-order valence-corrected chi connectivity index (χ2v) is 3.39. The maximum absolute atomic E-state index is 10.5. The fourth-order valence-corrected chi connectivity index (χ4v) is 1.59. The Bertz CT molecular complexity index is 330. The van der Waals surface area contributed by atoms with Crippen LogP contribution in [0.1, 0.15) is 29.2 Å². The molecule has 0 spiro atoms. The molecular weight excluding hydrogens is 180 g/mol. The van der Waals surface area contributed by atoms with Crippen molar-refractivity contribution >= 4 is 5.97 Å². The van der Waals surface area contributed by atoms with E-state index in [2.05, 4.69) is 4.98 Å². The molecule has 0 aliphatic carbocycles. The average molecular weight is 194 g/mol. The number of nitrogens with two attached hydrogens (primary N) is 1. The van der Waals surface area contributed by atoms with E-state index in [9.17, 15) is 4.79 Å². The van der Waals surface area contributed by atoms with Crippen molar-refractivity contribution in [3.05, 3.63) is 29.1 Å². The lowest BCUT2D eigenvalue weighted by atomic mass is 9.97. The molecule has 0 saturated heterocycles. The van der Waals surface area contributed by atoms with Crippen LogP contribution < -0.4 is 5.73 Å². The number of aryl methyl sites for hydroxylation is 2. The Morgan fingerprint density at radius 3 is 2.43 bits per heavy atom. The van der Waals surface area contributed by atoms with Crippen molar-refractivity contribution < 1.29 is 9.90 Å². The molecule has 76 valence electrons. The van der Waals surface area contributed by atoms with Crippen molar-refractivity contribution in [2.24, 2.45) is 5.73 Å². The van der Waals surface area contributed by atoms with Crippen molar-refractivity contribution in [3.63, 3.8) is 0 Å². The number of carboxylic acid groups (broad SMARTS) is 1. The van der Waals surface area contributed by atoms with E-state index in [1.807, 2.05) is 13.8 Å². The number of aliphatic carboxylic acids is 1. The minimum atomic E-state index is -0.881. The lowest BCUT2D eigenvalue weighted by Crippen LogP contribution is -2.17. The molecule has 0 aromatic carbocycles. The molecule has 1 atom stereocenters. The lowest BCUT2D eigenvalue weighted by molar-refractivity contribution is -0.137. The van der Waals surface area contributed by atoms with Crippen molar-refractivity contribution in [1.29, 1.82) is 0 Å². The van der Waals surface area contributed by atoms with Gasteiger partial charge in [-0.15, -0.1) is 0 Å². The molecule has 1 heterocycles. The van der Waals surface area contributed by atoms with Gasteiger partial charge in [-0.25, -0.2) is 0 Å². The molecule has 0 radical (unpaired) electrons. The molecule has 0 fully saturated rings. The standard InChI is InChI=1S/C10H14N2O2/c1-6-4-12-5-7(2)10(6)8(11)3-9(13)14/h4-5,8H,3,11H2,1-2H3,(H,13,14). The first kappa shape index (κ1) is 10.7. The van der Waals surface area contributed by atoms with Crippen LogP contribution in [-0.2, 0) is 4.79 Å². The molecule has 0 amide bonds. The predicted octanol–water partition coefficient (Wildman–Crippen LogP) is 1.17. The summed E-state index contributed by atoms with van der Waals surface area (Å²) in [5.41, 5.74) is 8.57. The zero-order valence-electron chi connectivity index (χ0n) is 8.32. The van der Waals surface area contributed by atoms with Gasteiger partial charge < -0.3 is 10.8 Å². The van der Waals surface area contributed by atoms with Crippen LogP contribution in [0.25, 0.3) is 0 Å². The Hall–Kier alpha value is -1.42.